The third-order valence-electron chi connectivity index (χ3n) is 3.49. The van der Waals surface area contributed by atoms with Crippen LogP contribution >= 0.6 is 35.0 Å². The molecule has 0 aliphatic heterocycles. The van der Waals surface area contributed by atoms with Gasteiger partial charge in [0.1, 0.15) is 0 Å². The maximum absolute atomic E-state index is 12.3. The average molecular weight is 388 g/mol. The van der Waals surface area contributed by atoms with Crippen molar-refractivity contribution in [3.05, 3.63) is 94.0 Å². The Labute approximate surface area is 161 Å². The first-order chi connectivity index (χ1) is 12.1. The molecule has 1 amide bonds. The summed E-state index contributed by atoms with van der Waals surface area (Å²) in [6.07, 6.45) is 0. The second-order valence-corrected chi connectivity index (χ2v) is 7.33. The summed E-state index contributed by atoms with van der Waals surface area (Å²) < 4.78 is 0. The van der Waals surface area contributed by atoms with E-state index in [4.69, 9.17) is 23.2 Å². The minimum Gasteiger partial charge on any atom is -0.322 e. The van der Waals surface area contributed by atoms with E-state index in [9.17, 15) is 4.79 Å². The molecule has 0 radical (unpaired) electrons. The molecule has 1 N–H and O–H groups in total. The topological polar surface area (TPSA) is 29.1 Å². The lowest BCUT2D eigenvalue weighted by atomic mass is 10.1. The number of hydrogen-bond acceptors (Lipinski definition) is 2. The van der Waals surface area contributed by atoms with Crippen LogP contribution in [0.3, 0.4) is 0 Å². The maximum atomic E-state index is 12.3. The van der Waals surface area contributed by atoms with Gasteiger partial charge < -0.3 is 5.32 Å². The van der Waals surface area contributed by atoms with Crippen LogP contribution in [0.5, 0.6) is 0 Å². The summed E-state index contributed by atoms with van der Waals surface area (Å²) in [5, 5.41) is 3.77. The van der Waals surface area contributed by atoms with Crippen molar-refractivity contribution in [1.82, 2.24) is 0 Å². The van der Waals surface area contributed by atoms with Gasteiger partial charge in [-0.2, -0.15) is 0 Å². The van der Waals surface area contributed by atoms with E-state index in [1.807, 2.05) is 42.5 Å². The summed E-state index contributed by atoms with van der Waals surface area (Å²) in [5.41, 5.74) is 2.33. The van der Waals surface area contributed by atoms with Gasteiger partial charge in [0, 0.05) is 31.9 Å². The first-order valence-electron chi connectivity index (χ1n) is 7.64. The van der Waals surface area contributed by atoms with Crippen molar-refractivity contribution in [3.8, 4) is 0 Å². The summed E-state index contributed by atoms with van der Waals surface area (Å²) in [6.45, 7) is 0. The molecule has 0 unspecified atom stereocenters. The quantitative estimate of drug-likeness (QED) is 0.503. The Morgan fingerprint density at radius 3 is 2.16 bits per heavy atom. The zero-order valence-corrected chi connectivity index (χ0v) is 15.5. The molecular formula is C20H15Cl2NOS. The predicted molar refractivity (Wildman–Crippen MR) is 107 cm³/mol. The van der Waals surface area contributed by atoms with Crippen LogP contribution in [0.15, 0.2) is 77.7 Å². The van der Waals surface area contributed by atoms with Gasteiger partial charge in [-0.15, -0.1) is 11.8 Å². The van der Waals surface area contributed by atoms with Gasteiger partial charge >= 0.3 is 0 Å². The Hall–Kier alpha value is -1.94. The highest BCUT2D eigenvalue weighted by Crippen LogP contribution is 2.24. The van der Waals surface area contributed by atoms with Crippen LogP contribution in [0.2, 0.25) is 10.0 Å². The summed E-state index contributed by atoms with van der Waals surface area (Å²) >= 11 is 13.7. The van der Waals surface area contributed by atoms with Crippen molar-refractivity contribution in [2.45, 2.75) is 10.6 Å². The van der Waals surface area contributed by atoms with Gasteiger partial charge in [-0.05, 0) is 48.0 Å². The fourth-order valence-electron chi connectivity index (χ4n) is 2.26. The number of carbonyl (C=O) groups excluding carboxylic acids is 1. The number of amides is 1. The molecule has 25 heavy (non-hydrogen) atoms. The second-order valence-electron chi connectivity index (χ2n) is 5.41. The molecular weight excluding hydrogens is 373 g/mol. The summed E-state index contributed by atoms with van der Waals surface area (Å²) in [4.78, 5) is 13.5. The minimum atomic E-state index is -0.194. The number of halogens is 2. The molecule has 0 aromatic heterocycles. The Morgan fingerprint density at radius 1 is 0.880 bits per heavy atom. The van der Waals surface area contributed by atoms with Crippen molar-refractivity contribution >= 4 is 46.6 Å². The molecule has 0 aliphatic carbocycles. The number of benzene rings is 3. The molecule has 3 aromatic carbocycles. The van der Waals surface area contributed by atoms with Crippen LogP contribution in [0.25, 0.3) is 0 Å². The normalized spacial score (nSPS) is 10.5. The maximum Gasteiger partial charge on any atom is 0.255 e. The predicted octanol–water partition coefficient (Wildman–Crippen LogP) is 6.54. The van der Waals surface area contributed by atoms with Gasteiger partial charge in [-0.1, -0.05) is 53.5 Å². The standard InChI is InChI=1S/C20H15Cl2NOS/c21-16-10-17(22)12-18(11-16)23-20(24)15-8-6-14(7-9-15)13-25-19-4-2-1-3-5-19/h1-12H,13H2,(H,23,24). The van der Waals surface area contributed by atoms with Gasteiger partial charge in [0.05, 0.1) is 0 Å². The zero-order valence-electron chi connectivity index (χ0n) is 13.2. The molecule has 0 heterocycles. The number of carbonyl (C=O) groups is 1. The van der Waals surface area contributed by atoms with E-state index >= 15 is 0 Å². The van der Waals surface area contributed by atoms with E-state index in [0.717, 1.165) is 11.3 Å². The van der Waals surface area contributed by atoms with Crippen LogP contribution < -0.4 is 5.32 Å². The van der Waals surface area contributed by atoms with Gasteiger partial charge in [0.15, 0.2) is 0 Å². The summed E-state index contributed by atoms with van der Waals surface area (Å²) in [6, 6.07) is 22.8. The summed E-state index contributed by atoms with van der Waals surface area (Å²) in [5.74, 6) is 0.663. The highest BCUT2D eigenvalue weighted by Gasteiger charge is 2.07. The molecule has 0 aliphatic rings. The number of anilines is 1. The lowest BCUT2D eigenvalue weighted by molar-refractivity contribution is 0.102. The Bertz CT molecular complexity index is 846. The lowest BCUT2D eigenvalue weighted by Crippen LogP contribution is -2.11. The van der Waals surface area contributed by atoms with E-state index in [1.165, 1.54) is 4.90 Å². The van der Waals surface area contributed by atoms with E-state index in [2.05, 4.69) is 17.4 Å². The third-order valence-corrected chi connectivity index (χ3v) is 5.00. The second kappa shape index (κ2) is 8.43. The molecule has 0 saturated heterocycles. The Morgan fingerprint density at radius 2 is 1.52 bits per heavy atom. The highest BCUT2D eigenvalue weighted by molar-refractivity contribution is 7.98. The molecule has 2 nitrogen and oxygen atoms in total. The molecule has 0 atom stereocenters. The van der Waals surface area contributed by atoms with Crippen molar-refractivity contribution in [1.29, 1.82) is 0 Å². The Balaban J connectivity index is 1.62. The van der Waals surface area contributed by atoms with Gasteiger partial charge in [0.2, 0.25) is 0 Å². The zero-order chi connectivity index (χ0) is 17.6. The number of nitrogens with one attached hydrogen (secondary N) is 1. The van der Waals surface area contributed by atoms with Crippen molar-refractivity contribution in [2.24, 2.45) is 0 Å². The number of rotatable bonds is 5. The van der Waals surface area contributed by atoms with Gasteiger partial charge in [-0.25, -0.2) is 0 Å². The smallest absolute Gasteiger partial charge is 0.255 e. The minimum absolute atomic E-state index is 0.194. The molecule has 126 valence electrons. The first-order valence-corrected chi connectivity index (χ1v) is 9.38. The van der Waals surface area contributed by atoms with E-state index < -0.39 is 0 Å². The monoisotopic (exact) mass is 387 g/mol. The van der Waals surface area contributed by atoms with E-state index in [0.29, 0.717) is 21.3 Å². The highest BCUT2D eigenvalue weighted by atomic mass is 35.5. The van der Waals surface area contributed by atoms with Crippen LogP contribution in [0.4, 0.5) is 5.69 Å². The van der Waals surface area contributed by atoms with Crippen LogP contribution in [0.1, 0.15) is 15.9 Å². The first kappa shape index (κ1) is 17.9. The molecule has 0 saturated carbocycles. The molecule has 0 fully saturated rings. The van der Waals surface area contributed by atoms with Gasteiger partial charge in [-0.3, -0.25) is 4.79 Å². The lowest BCUT2D eigenvalue weighted by Gasteiger charge is -2.07. The van der Waals surface area contributed by atoms with Crippen molar-refractivity contribution in [3.63, 3.8) is 0 Å². The van der Waals surface area contributed by atoms with Gasteiger partial charge in [0.25, 0.3) is 5.91 Å². The fraction of sp³-hybridized carbons (Fsp3) is 0.0500. The largest absolute Gasteiger partial charge is 0.322 e. The van der Waals surface area contributed by atoms with E-state index in [1.54, 1.807) is 30.0 Å². The molecule has 3 aromatic rings. The summed E-state index contributed by atoms with van der Waals surface area (Å²) in [7, 11) is 0. The number of thioether (sulfide) groups is 1. The number of hydrogen-bond donors (Lipinski definition) is 1. The SMILES string of the molecule is O=C(Nc1cc(Cl)cc(Cl)c1)c1ccc(CSc2ccccc2)cc1. The molecule has 0 spiro atoms. The van der Waals surface area contributed by atoms with Crippen LogP contribution in [0, 0.1) is 0 Å². The molecule has 3 rings (SSSR count). The third kappa shape index (κ3) is 5.27. The fourth-order valence-corrected chi connectivity index (χ4v) is 3.67. The van der Waals surface area contributed by atoms with E-state index in [-0.39, 0.29) is 5.91 Å². The van der Waals surface area contributed by atoms with Crippen LogP contribution in [-0.2, 0) is 5.75 Å². The van der Waals surface area contributed by atoms with Crippen LogP contribution in [-0.4, -0.2) is 5.91 Å². The van der Waals surface area contributed by atoms with Crippen molar-refractivity contribution in [2.75, 3.05) is 5.32 Å². The average Bonchev–Trinajstić information content (AvgIpc) is 2.60. The molecule has 0 bridgehead atoms. The molecule has 5 heteroatoms. The Kier molecular flexibility index (Phi) is 6.03. The van der Waals surface area contributed by atoms with Crippen molar-refractivity contribution < 1.29 is 4.79 Å².